The van der Waals surface area contributed by atoms with Crippen molar-refractivity contribution in [2.45, 2.75) is 6.04 Å². The number of rotatable bonds is 4. The third kappa shape index (κ3) is 4.70. The number of benzene rings is 6. The summed E-state index contributed by atoms with van der Waals surface area (Å²) in [4.78, 5) is 15.4. The van der Waals surface area contributed by atoms with Crippen molar-refractivity contribution in [3.63, 3.8) is 0 Å². The van der Waals surface area contributed by atoms with Gasteiger partial charge in [0.15, 0.2) is 0 Å². The largest absolute Gasteiger partial charge is 0.272 e. The summed E-state index contributed by atoms with van der Waals surface area (Å²) in [5.41, 5.74) is 13.1. The lowest BCUT2D eigenvalue weighted by atomic mass is 9.81. The molecule has 2 aliphatic rings. The summed E-state index contributed by atoms with van der Waals surface area (Å²) < 4.78 is 0. The maximum atomic E-state index is 5.20. The van der Waals surface area contributed by atoms with Gasteiger partial charge in [-0.1, -0.05) is 127 Å². The average Bonchev–Trinajstić information content (AvgIpc) is 3.57. The van der Waals surface area contributed by atoms with E-state index < -0.39 is 0 Å². The van der Waals surface area contributed by atoms with E-state index >= 15 is 0 Å². The fraction of sp³-hybridized carbons (Fsp3) is 0.0217. The molecule has 1 atom stereocenters. The smallest absolute Gasteiger partial charge is 0.102 e. The lowest BCUT2D eigenvalue weighted by molar-refractivity contribution is 0.919. The summed E-state index contributed by atoms with van der Waals surface area (Å²) in [6.45, 7) is 0. The molecule has 49 heavy (non-hydrogen) atoms. The minimum Gasteiger partial charge on any atom is -0.272 e. The Kier molecular flexibility index (Phi) is 6.25. The van der Waals surface area contributed by atoms with E-state index in [0.29, 0.717) is 0 Å². The van der Waals surface area contributed by atoms with E-state index in [1.165, 1.54) is 43.8 Å². The van der Waals surface area contributed by atoms with Crippen molar-refractivity contribution >= 4 is 38.9 Å². The number of nitrogens with zero attached hydrogens (tertiary/aromatic N) is 3. The van der Waals surface area contributed by atoms with Gasteiger partial charge in [0.2, 0.25) is 0 Å². The molecule has 0 spiro atoms. The second-order valence-electron chi connectivity index (χ2n) is 12.8. The zero-order valence-electron chi connectivity index (χ0n) is 26.6. The van der Waals surface area contributed by atoms with Gasteiger partial charge in [-0.2, -0.15) is 0 Å². The second kappa shape index (κ2) is 11.1. The first-order valence-corrected chi connectivity index (χ1v) is 16.7. The SMILES string of the molecule is C1=C(c2ccc(-c3cc(-c4ccc5ccccc5c4)nc(-c4ccc5ccccc5n4)c3)cc2)C2=c3ccccc3=NC2c2ccccc21. The molecule has 10 rings (SSSR count). The molecule has 0 amide bonds. The molecule has 3 heteroatoms. The normalized spacial score (nSPS) is 14.6. The molecule has 228 valence electrons. The van der Waals surface area contributed by atoms with Gasteiger partial charge in [0, 0.05) is 16.2 Å². The predicted octanol–water partition coefficient (Wildman–Crippen LogP) is 9.86. The van der Waals surface area contributed by atoms with Crippen molar-refractivity contribution in [1.29, 1.82) is 0 Å². The van der Waals surface area contributed by atoms with E-state index in [9.17, 15) is 0 Å². The van der Waals surface area contributed by atoms with Crippen LogP contribution in [-0.2, 0) is 0 Å². The van der Waals surface area contributed by atoms with Crippen LogP contribution in [0.15, 0.2) is 169 Å². The number of hydrogen-bond acceptors (Lipinski definition) is 3. The van der Waals surface area contributed by atoms with Gasteiger partial charge in [0.1, 0.15) is 6.04 Å². The summed E-state index contributed by atoms with van der Waals surface area (Å²) >= 11 is 0. The molecule has 0 fully saturated rings. The molecule has 0 N–H and O–H groups in total. The summed E-state index contributed by atoms with van der Waals surface area (Å²) in [7, 11) is 0. The third-order valence-corrected chi connectivity index (χ3v) is 9.88. The number of para-hydroxylation sites is 2. The summed E-state index contributed by atoms with van der Waals surface area (Å²) in [5.74, 6) is 0. The van der Waals surface area contributed by atoms with Crippen LogP contribution in [-0.4, -0.2) is 9.97 Å². The molecule has 3 heterocycles. The minimum absolute atomic E-state index is 0.00926. The van der Waals surface area contributed by atoms with Gasteiger partial charge in [-0.05, 0) is 92.2 Å². The van der Waals surface area contributed by atoms with E-state index in [1.807, 2.05) is 12.1 Å². The first-order chi connectivity index (χ1) is 24.2. The quantitative estimate of drug-likeness (QED) is 0.196. The molecule has 0 bridgehead atoms. The molecule has 8 aromatic rings. The minimum atomic E-state index is 0.00926. The molecule has 1 unspecified atom stereocenters. The van der Waals surface area contributed by atoms with Crippen LogP contribution < -0.4 is 10.6 Å². The van der Waals surface area contributed by atoms with Crippen LogP contribution in [0.2, 0.25) is 0 Å². The Morgan fingerprint density at radius 3 is 2.04 bits per heavy atom. The third-order valence-electron chi connectivity index (χ3n) is 9.88. The van der Waals surface area contributed by atoms with Crippen LogP contribution in [0.25, 0.3) is 72.7 Å². The summed E-state index contributed by atoms with van der Waals surface area (Å²) in [6.07, 6.45) is 2.33. The van der Waals surface area contributed by atoms with E-state index in [0.717, 1.165) is 50.0 Å². The maximum Gasteiger partial charge on any atom is 0.102 e. The highest BCUT2D eigenvalue weighted by atomic mass is 14.8. The Morgan fingerprint density at radius 1 is 0.429 bits per heavy atom. The highest BCUT2D eigenvalue weighted by molar-refractivity contribution is 6.10. The molecule has 0 saturated heterocycles. The molecular weight excluding hydrogens is 595 g/mol. The van der Waals surface area contributed by atoms with Gasteiger partial charge in [-0.3, -0.25) is 4.99 Å². The van der Waals surface area contributed by atoms with Gasteiger partial charge in [-0.15, -0.1) is 0 Å². The van der Waals surface area contributed by atoms with Crippen LogP contribution in [0.5, 0.6) is 0 Å². The molecule has 6 aromatic carbocycles. The van der Waals surface area contributed by atoms with Gasteiger partial charge >= 0.3 is 0 Å². The fourth-order valence-corrected chi connectivity index (χ4v) is 7.42. The van der Waals surface area contributed by atoms with Crippen molar-refractivity contribution < 1.29 is 0 Å². The molecule has 2 aromatic heterocycles. The highest BCUT2D eigenvalue weighted by Crippen LogP contribution is 2.44. The zero-order valence-corrected chi connectivity index (χ0v) is 26.6. The number of hydrogen-bond donors (Lipinski definition) is 0. The van der Waals surface area contributed by atoms with E-state index in [1.54, 1.807) is 0 Å². The Morgan fingerprint density at radius 2 is 1.12 bits per heavy atom. The number of pyridine rings is 2. The molecule has 1 aliphatic heterocycles. The van der Waals surface area contributed by atoms with Crippen molar-refractivity contribution in [3.8, 4) is 33.8 Å². The highest BCUT2D eigenvalue weighted by Gasteiger charge is 2.30. The van der Waals surface area contributed by atoms with Crippen molar-refractivity contribution in [3.05, 3.63) is 191 Å². The van der Waals surface area contributed by atoms with Crippen molar-refractivity contribution in [1.82, 2.24) is 9.97 Å². The number of fused-ring (bicyclic) bond motifs is 6. The molecule has 1 aliphatic carbocycles. The monoisotopic (exact) mass is 623 g/mol. The van der Waals surface area contributed by atoms with Gasteiger partial charge < -0.3 is 0 Å². The van der Waals surface area contributed by atoms with Crippen LogP contribution in [0.1, 0.15) is 22.7 Å². The van der Waals surface area contributed by atoms with Crippen LogP contribution in [0, 0.1) is 0 Å². The zero-order chi connectivity index (χ0) is 32.3. The molecule has 0 saturated carbocycles. The lowest BCUT2D eigenvalue weighted by Crippen LogP contribution is -2.22. The van der Waals surface area contributed by atoms with Crippen LogP contribution in [0.4, 0.5) is 0 Å². The molecule has 3 nitrogen and oxygen atoms in total. The molecule has 0 radical (unpaired) electrons. The fourth-order valence-electron chi connectivity index (χ4n) is 7.42. The topological polar surface area (TPSA) is 38.1 Å². The lowest BCUT2D eigenvalue weighted by Gasteiger charge is -2.24. The first-order valence-electron chi connectivity index (χ1n) is 16.7. The van der Waals surface area contributed by atoms with Crippen LogP contribution >= 0.6 is 0 Å². The van der Waals surface area contributed by atoms with E-state index in [-0.39, 0.29) is 6.04 Å². The van der Waals surface area contributed by atoms with E-state index in [2.05, 4.69) is 158 Å². The second-order valence-corrected chi connectivity index (χ2v) is 12.8. The first kappa shape index (κ1) is 27.6. The van der Waals surface area contributed by atoms with Gasteiger partial charge in [-0.25, -0.2) is 9.97 Å². The molecular formula is C46H29N3. The predicted molar refractivity (Wildman–Crippen MR) is 201 cm³/mol. The summed E-state index contributed by atoms with van der Waals surface area (Å²) in [6, 6.07) is 58.0. The Balaban J connectivity index is 1.11. The standard InChI is InChI=1S/C46H29N3/c1-2-11-33-25-35(22-19-29(33)9-1)43-27-36(28-44(48-43)42-24-23-32-10-4-7-15-40(32)47-42)30-17-20-31(21-18-30)39-26-34-12-3-5-13-37(34)46-45(39)38-14-6-8-16-41(38)49-46/h1-28,46H. The van der Waals surface area contributed by atoms with Crippen molar-refractivity contribution in [2.24, 2.45) is 4.99 Å². The van der Waals surface area contributed by atoms with Crippen LogP contribution in [0.3, 0.4) is 0 Å². The Bertz CT molecular complexity index is 2680. The average molecular weight is 624 g/mol. The Hall–Kier alpha value is -6.45. The van der Waals surface area contributed by atoms with Gasteiger partial charge in [0.25, 0.3) is 0 Å². The van der Waals surface area contributed by atoms with Crippen molar-refractivity contribution in [2.75, 3.05) is 0 Å². The Labute approximate surface area is 283 Å². The van der Waals surface area contributed by atoms with E-state index in [4.69, 9.17) is 15.0 Å². The number of aromatic nitrogens is 2. The maximum absolute atomic E-state index is 5.20. The van der Waals surface area contributed by atoms with Gasteiger partial charge in [0.05, 0.1) is 28.0 Å². The summed E-state index contributed by atoms with van der Waals surface area (Å²) in [5, 5.41) is 5.81.